The number of carboxylic acids is 1. The number of amides is 1. The number of halogens is 1. The van der Waals surface area contributed by atoms with Gasteiger partial charge in [0.2, 0.25) is 5.91 Å². The maximum Gasteiger partial charge on any atom is 0.318 e. The number of aromatic nitrogens is 1. The number of hydrogen-bond donors (Lipinski definition) is 3. The monoisotopic (exact) mass is 375 g/mol. The Kier molecular flexibility index (Phi) is 5.61. The third-order valence-corrected chi connectivity index (χ3v) is 5.18. The van der Waals surface area contributed by atoms with Crippen LogP contribution in [-0.4, -0.2) is 47.2 Å². The minimum atomic E-state index is -0.957. The Balaban J connectivity index is 2.02. The first-order chi connectivity index (χ1) is 12.5. The molecule has 0 fully saturated rings. The lowest BCUT2D eigenvalue weighted by Crippen LogP contribution is -2.34. The molecular formula is C19H22ClN3O3. The van der Waals surface area contributed by atoms with Gasteiger partial charge in [0.25, 0.3) is 0 Å². The number of hydrogen-bond acceptors (Lipinski definition) is 3. The molecule has 0 bridgehead atoms. The van der Waals surface area contributed by atoms with Crippen molar-refractivity contribution in [3.8, 4) is 0 Å². The number of fused-ring (bicyclic) bond motifs is 3. The second-order valence-corrected chi connectivity index (χ2v) is 6.93. The summed E-state index contributed by atoms with van der Waals surface area (Å²) in [5.41, 5.74) is 2.37. The molecule has 3 N–H and O–H groups in total. The second kappa shape index (κ2) is 7.91. The van der Waals surface area contributed by atoms with Crippen molar-refractivity contribution in [1.82, 2.24) is 10.3 Å². The molecule has 6 nitrogen and oxygen atoms in total. The molecular weight excluding hydrogens is 354 g/mol. The van der Waals surface area contributed by atoms with Gasteiger partial charge in [-0.1, -0.05) is 25.1 Å². The van der Waals surface area contributed by atoms with Crippen molar-refractivity contribution in [3.63, 3.8) is 0 Å². The number of aliphatic carboxylic acids is 1. The maximum absolute atomic E-state index is 12.6. The SMILES string of the molecule is CC(C(=O)NCCCCl)C1CN=CC(C(=O)O)c2[nH]c3ccccc3c21. The van der Waals surface area contributed by atoms with Crippen LogP contribution in [0.25, 0.3) is 10.9 Å². The lowest BCUT2D eigenvalue weighted by atomic mass is 9.83. The van der Waals surface area contributed by atoms with Crippen molar-refractivity contribution in [2.45, 2.75) is 25.2 Å². The molecule has 1 aliphatic rings. The zero-order valence-electron chi connectivity index (χ0n) is 14.5. The van der Waals surface area contributed by atoms with Crippen LogP contribution in [0.5, 0.6) is 0 Å². The van der Waals surface area contributed by atoms with Crippen LogP contribution >= 0.6 is 11.6 Å². The smallest absolute Gasteiger partial charge is 0.318 e. The summed E-state index contributed by atoms with van der Waals surface area (Å²) in [6, 6.07) is 7.70. The zero-order valence-corrected chi connectivity index (χ0v) is 15.3. The molecule has 0 spiro atoms. The van der Waals surface area contributed by atoms with E-state index in [1.165, 1.54) is 6.21 Å². The van der Waals surface area contributed by atoms with Crippen LogP contribution in [0, 0.1) is 5.92 Å². The Morgan fingerprint density at radius 1 is 1.42 bits per heavy atom. The lowest BCUT2D eigenvalue weighted by molar-refractivity contribution is -0.137. The topological polar surface area (TPSA) is 94.6 Å². The minimum Gasteiger partial charge on any atom is -0.480 e. The standard InChI is InChI=1S/C19H22ClN3O3/c1-11(18(24)22-8-4-7-20)13-9-21-10-14(19(25)26)17-16(13)12-5-2-3-6-15(12)23-17/h2-3,5-6,10-11,13-14,23H,4,7-9H2,1H3,(H,22,24)(H,25,26). The molecule has 2 heterocycles. The summed E-state index contributed by atoms with van der Waals surface area (Å²) in [5.74, 6) is -1.91. The first kappa shape index (κ1) is 18.5. The largest absolute Gasteiger partial charge is 0.480 e. The Bertz CT molecular complexity index is 846. The van der Waals surface area contributed by atoms with Gasteiger partial charge in [0, 0.05) is 53.6 Å². The van der Waals surface area contributed by atoms with E-state index in [1.54, 1.807) is 0 Å². The van der Waals surface area contributed by atoms with Gasteiger partial charge >= 0.3 is 5.97 Å². The minimum absolute atomic E-state index is 0.0691. The normalized spacial score (nSPS) is 20.4. The van der Waals surface area contributed by atoms with Gasteiger partial charge in [0.05, 0.1) is 0 Å². The molecule has 0 radical (unpaired) electrons. The molecule has 7 heteroatoms. The van der Waals surface area contributed by atoms with Crippen molar-refractivity contribution in [1.29, 1.82) is 0 Å². The third-order valence-electron chi connectivity index (χ3n) is 4.91. The van der Waals surface area contributed by atoms with Crippen LogP contribution in [0.3, 0.4) is 0 Å². The fourth-order valence-electron chi connectivity index (χ4n) is 3.49. The van der Waals surface area contributed by atoms with Gasteiger partial charge in [-0.15, -0.1) is 11.6 Å². The number of carbonyl (C=O) groups is 2. The number of nitrogens with one attached hydrogen (secondary N) is 2. The third kappa shape index (κ3) is 3.46. The lowest BCUT2D eigenvalue weighted by Gasteiger charge is -2.22. The summed E-state index contributed by atoms with van der Waals surface area (Å²) in [6.07, 6.45) is 2.18. The van der Waals surface area contributed by atoms with Crippen LogP contribution in [-0.2, 0) is 9.59 Å². The van der Waals surface area contributed by atoms with Gasteiger partial charge in [-0.3, -0.25) is 14.6 Å². The second-order valence-electron chi connectivity index (χ2n) is 6.56. The number of alkyl halides is 1. The average molecular weight is 376 g/mol. The number of rotatable bonds is 6. The molecule has 0 saturated heterocycles. The quantitative estimate of drug-likeness (QED) is 0.535. The number of aliphatic imine (C=N–C) groups is 1. The van der Waals surface area contributed by atoms with E-state index in [-0.39, 0.29) is 17.7 Å². The fraction of sp³-hybridized carbons (Fsp3) is 0.421. The number of carboxylic acid groups (broad SMARTS) is 1. The number of para-hydroxylation sites is 1. The van der Waals surface area contributed by atoms with E-state index in [0.717, 1.165) is 16.5 Å². The molecule has 3 rings (SSSR count). The molecule has 3 unspecified atom stereocenters. The molecule has 0 saturated carbocycles. The van der Waals surface area contributed by atoms with Crippen LogP contribution in [0.4, 0.5) is 0 Å². The van der Waals surface area contributed by atoms with Gasteiger partial charge in [-0.25, -0.2) is 0 Å². The van der Waals surface area contributed by atoms with Crippen molar-refractivity contribution >= 4 is 40.6 Å². The van der Waals surface area contributed by atoms with Crippen molar-refractivity contribution in [2.75, 3.05) is 19.0 Å². The fourth-order valence-corrected chi connectivity index (χ4v) is 3.63. The van der Waals surface area contributed by atoms with Gasteiger partial charge < -0.3 is 15.4 Å². The van der Waals surface area contributed by atoms with Crippen LogP contribution in [0.1, 0.15) is 36.4 Å². The molecule has 3 atom stereocenters. The average Bonchev–Trinajstić information content (AvgIpc) is 2.89. The summed E-state index contributed by atoms with van der Waals surface area (Å²) in [7, 11) is 0. The van der Waals surface area contributed by atoms with Crippen LogP contribution in [0.2, 0.25) is 0 Å². The maximum atomic E-state index is 12.6. The predicted molar refractivity (Wildman–Crippen MR) is 102 cm³/mol. The summed E-state index contributed by atoms with van der Waals surface area (Å²) in [6.45, 7) is 2.77. The highest BCUT2D eigenvalue weighted by Crippen LogP contribution is 2.39. The van der Waals surface area contributed by atoms with Crippen LogP contribution < -0.4 is 5.32 Å². The Hall–Kier alpha value is -2.34. The highest BCUT2D eigenvalue weighted by Gasteiger charge is 2.35. The molecule has 1 aromatic carbocycles. The molecule has 1 aliphatic heterocycles. The van der Waals surface area contributed by atoms with E-state index in [1.807, 2.05) is 31.2 Å². The first-order valence-corrected chi connectivity index (χ1v) is 9.25. The Morgan fingerprint density at radius 3 is 2.92 bits per heavy atom. The van der Waals surface area contributed by atoms with Gasteiger partial charge in [0.1, 0.15) is 5.92 Å². The number of aromatic amines is 1. The number of carbonyl (C=O) groups excluding carboxylic acids is 1. The van der Waals surface area contributed by atoms with Gasteiger partial charge in [-0.2, -0.15) is 0 Å². The van der Waals surface area contributed by atoms with E-state index in [9.17, 15) is 14.7 Å². The number of H-pyrrole nitrogens is 1. The molecule has 1 aromatic heterocycles. The first-order valence-electron chi connectivity index (χ1n) is 8.71. The summed E-state index contributed by atoms with van der Waals surface area (Å²) >= 11 is 5.67. The van der Waals surface area contributed by atoms with Gasteiger partial charge in [-0.05, 0) is 18.1 Å². The van der Waals surface area contributed by atoms with Gasteiger partial charge in [0.15, 0.2) is 0 Å². The molecule has 1 amide bonds. The van der Waals surface area contributed by atoms with E-state index in [2.05, 4.69) is 15.3 Å². The van der Waals surface area contributed by atoms with E-state index in [4.69, 9.17) is 11.6 Å². The van der Waals surface area contributed by atoms with Crippen LogP contribution in [0.15, 0.2) is 29.3 Å². The van der Waals surface area contributed by atoms with E-state index >= 15 is 0 Å². The number of nitrogens with zero attached hydrogens (tertiary/aromatic N) is 1. The highest BCUT2D eigenvalue weighted by molar-refractivity contribution is 6.17. The zero-order chi connectivity index (χ0) is 18.7. The molecule has 138 valence electrons. The Morgan fingerprint density at radius 2 is 2.19 bits per heavy atom. The predicted octanol–water partition coefficient (Wildman–Crippen LogP) is 2.89. The summed E-state index contributed by atoms with van der Waals surface area (Å²) < 4.78 is 0. The highest BCUT2D eigenvalue weighted by atomic mass is 35.5. The molecule has 26 heavy (non-hydrogen) atoms. The number of benzene rings is 1. The van der Waals surface area contributed by atoms with Crippen molar-refractivity contribution in [2.24, 2.45) is 10.9 Å². The van der Waals surface area contributed by atoms with Crippen molar-refractivity contribution in [3.05, 3.63) is 35.5 Å². The van der Waals surface area contributed by atoms with Crippen molar-refractivity contribution < 1.29 is 14.7 Å². The Labute approximate surface area is 156 Å². The summed E-state index contributed by atoms with van der Waals surface area (Å²) in [5, 5.41) is 13.5. The summed E-state index contributed by atoms with van der Waals surface area (Å²) in [4.78, 5) is 31.9. The molecule has 0 aliphatic carbocycles. The van der Waals surface area contributed by atoms with E-state index in [0.29, 0.717) is 31.1 Å². The van der Waals surface area contributed by atoms with E-state index < -0.39 is 11.9 Å². The molecule has 2 aromatic rings.